The van der Waals surface area contributed by atoms with Gasteiger partial charge in [-0.2, -0.15) is 0 Å². The number of nitrogens with zero attached hydrogens (tertiary/aromatic N) is 5. The summed E-state index contributed by atoms with van der Waals surface area (Å²) < 4.78 is 0. The van der Waals surface area contributed by atoms with Crippen LogP contribution in [0.5, 0.6) is 0 Å². The normalized spacial score (nSPS) is 11.9. The van der Waals surface area contributed by atoms with Crippen LogP contribution in [0, 0.1) is 17.0 Å². The molecule has 28 heavy (non-hydrogen) atoms. The van der Waals surface area contributed by atoms with Gasteiger partial charge in [0.2, 0.25) is 5.95 Å². The number of non-ortho nitro benzene ring substituents is 1. The van der Waals surface area contributed by atoms with Crippen molar-refractivity contribution in [2.45, 2.75) is 20.8 Å². The van der Waals surface area contributed by atoms with Crippen LogP contribution in [0.1, 0.15) is 19.4 Å². The second-order valence-electron chi connectivity index (χ2n) is 6.20. The number of fused-ring (bicyclic) bond motifs is 1. The summed E-state index contributed by atoms with van der Waals surface area (Å²) in [5.74, 6) is 0.484. The smallest absolute Gasteiger partial charge is 0.270 e. The molecule has 0 radical (unpaired) electrons. The fraction of sp³-hybridized carbons (Fsp3) is 0.200. The monoisotopic (exact) mass is 376 g/mol. The molecule has 1 aromatic carbocycles. The Morgan fingerprint density at radius 3 is 2.86 bits per heavy atom. The molecule has 3 aromatic rings. The molecular weight excluding hydrogens is 356 g/mol. The standard InChI is InChI=1S/C20H20N6O2/c1-4-14(3)21-7-8-22-20-24-11-15-9-18(23-12-19(15)25-20)17-10-16(26(27)28)6-5-13(17)2/h4-7,9-12H,8H2,1-3H3,(H,22,24,25)/b14-4-,21-7-. The molecule has 1 N–H and O–H groups in total. The Morgan fingerprint density at radius 2 is 2.11 bits per heavy atom. The molecule has 0 atom stereocenters. The number of anilines is 1. The summed E-state index contributed by atoms with van der Waals surface area (Å²) in [7, 11) is 0. The van der Waals surface area contributed by atoms with Crippen molar-refractivity contribution in [3.8, 4) is 11.3 Å². The van der Waals surface area contributed by atoms with Gasteiger partial charge < -0.3 is 5.32 Å². The molecule has 0 fully saturated rings. The lowest BCUT2D eigenvalue weighted by Gasteiger charge is -2.07. The molecule has 0 aliphatic heterocycles. The largest absolute Gasteiger partial charge is 0.349 e. The molecule has 8 nitrogen and oxygen atoms in total. The number of nitro benzene ring substituents is 1. The highest BCUT2D eigenvalue weighted by atomic mass is 16.6. The predicted octanol–water partition coefficient (Wildman–Crippen LogP) is 4.31. The molecular formula is C20H20N6O2. The third-order valence-electron chi connectivity index (χ3n) is 4.24. The molecule has 0 saturated carbocycles. The van der Waals surface area contributed by atoms with Crippen molar-refractivity contribution in [3.05, 3.63) is 64.1 Å². The molecule has 2 heterocycles. The summed E-state index contributed by atoms with van der Waals surface area (Å²) in [6.07, 6.45) is 7.04. The van der Waals surface area contributed by atoms with E-state index in [1.54, 1.807) is 24.7 Å². The Morgan fingerprint density at radius 1 is 1.29 bits per heavy atom. The van der Waals surface area contributed by atoms with Crippen molar-refractivity contribution in [1.29, 1.82) is 0 Å². The quantitative estimate of drug-likeness (QED) is 0.390. The van der Waals surface area contributed by atoms with Crippen LogP contribution >= 0.6 is 0 Å². The van der Waals surface area contributed by atoms with Gasteiger partial charge in [0, 0.05) is 41.2 Å². The minimum absolute atomic E-state index is 0.0353. The first kappa shape index (κ1) is 19.1. The van der Waals surface area contributed by atoms with Gasteiger partial charge in [0.25, 0.3) is 5.69 Å². The summed E-state index contributed by atoms with van der Waals surface area (Å²) in [6, 6.07) is 6.58. The number of aliphatic imine (C=N–C) groups is 1. The summed E-state index contributed by atoms with van der Waals surface area (Å²) in [5, 5.41) is 14.9. The van der Waals surface area contributed by atoms with E-state index in [1.807, 2.05) is 32.9 Å². The van der Waals surface area contributed by atoms with Gasteiger partial charge in [0.15, 0.2) is 0 Å². The number of nitro groups is 1. The molecule has 0 saturated heterocycles. The maximum atomic E-state index is 11.1. The molecule has 0 amide bonds. The van der Waals surface area contributed by atoms with E-state index in [9.17, 15) is 10.1 Å². The van der Waals surface area contributed by atoms with Gasteiger partial charge in [-0.25, -0.2) is 9.97 Å². The van der Waals surface area contributed by atoms with E-state index in [2.05, 4.69) is 25.3 Å². The van der Waals surface area contributed by atoms with E-state index < -0.39 is 4.92 Å². The Bertz CT molecular complexity index is 1090. The predicted molar refractivity (Wildman–Crippen MR) is 111 cm³/mol. The molecule has 0 spiro atoms. The molecule has 2 aromatic heterocycles. The number of aromatic nitrogens is 3. The molecule has 0 aliphatic carbocycles. The lowest BCUT2D eigenvalue weighted by atomic mass is 10.0. The van der Waals surface area contributed by atoms with Crippen LogP contribution in [0.3, 0.4) is 0 Å². The van der Waals surface area contributed by atoms with Gasteiger partial charge in [0.05, 0.1) is 28.9 Å². The van der Waals surface area contributed by atoms with E-state index in [4.69, 9.17) is 0 Å². The van der Waals surface area contributed by atoms with Gasteiger partial charge in [-0.05, 0) is 32.4 Å². The third kappa shape index (κ3) is 4.35. The number of nitrogens with one attached hydrogen (secondary N) is 1. The number of hydrogen-bond donors (Lipinski definition) is 1. The van der Waals surface area contributed by atoms with Crippen LogP contribution < -0.4 is 5.32 Å². The van der Waals surface area contributed by atoms with Crippen LogP contribution in [0.4, 0.5) is 11.6 Å². The SMILES string of the molecule is C/C=C(C)\N=C/CNc1ncc2cc(-c3cc([N+](=O)[O-])ccc3C)ncc2n1. The first-order chi connectivity index (χ1) is 13.5. The first-order valence-electron chi connectivity index (χ1n) is 8.75. The average Bonchev–Trinajstić information content (AvgIpc) is 2.70. The van der Waals surface area contributed by atoms with E-state index >= 15 is 0 Å². The van der Waals surface area contributed by atoms with Crippen molar-refractivity contribution >= 4 is 28.8 Å². The number of rotatable bonds is 6. The Kier molecular flexibility index (Phi) is 5.69. The number of aryl methyl sites for hydroxylation is 1. The average molecular weight is 376 g/mol. The minimum atomic E-state index is -0.411. The van der Waals surface area contributed by atoms with Crippen LogP contribution in [0.25, 0.3) is 22.2 Å². The highest BCUT2D eigenvalue weighted by Crippen LogP contribution is 2.28. The zero-order valence-corrected chi connectivity index (χ0v) is 15.9. The number of hydrogen-bond acceptors (Lipinski definition) is 7. The van der Waals surface area contributed by atoms with Gasteiger partial charge >= 0.3 is 0 Å². The van der Waals surface area contributed by atoms with Crippen LogP contribution in [0.15, 0.2) is 53.4 Å². The van der Waals surface area contributed by atoms with E-state index in [0.29, 0.717) is 29.3 Å². The topological polar surface area (TPSA) is 106 Å². The van der Waals surface area contributed by atoms with Crippen LogP contribution in [0.2, 0.25) is 0 Å². The van der Waals surface area contributed by atoms with E-state index in [1.165, 1.54) is 12.1 Å². The van der Waals surface area contributed by atoms with E-state index in [0.717, 1.165) is 16.6 Å². The van der Waals surface area contributed by atoms with Gasteiger partial charge in [-0.1, -0.05) is 12.1 Å². The van der Waals surface area contributed by atoms with Crippen molar-refractivity contribution in [2.75, 3.05) is 11.9 Å². The summed E-state index contributed by atoms with van der Waals surface area (Å²) in [4.78, 5) is 28.1. The number of pyridine rings is 1. The second-order valence-corrected chi connectivity index (χ2v) is 6.20. The van der Waals surface area contributed by atoms with Crippen LogP contribution in [-0.2, 0) is 0 Å². The van der Waals surface area contributed by atoms with Gasteiger partial charge in [-0.15, -0.1) is 0 Å². The van der Waals surface area contributed by atoms with E-state index in [-0.39, 0.29) is 5.69 Å². The number of benzene rings is 1. The maximum absolute atomic E-state index is 11.1. The van der Waals surface area contributed by atoms with Crippen molar-refractivity contribution in [1.82, 2.24) is 15.0 Å². The van der Waals surface area contributed by atoms with Gasteiger partial charge in [-0.3, -0.25) is 20.1 Å². The fourth-order valence-electron chi connectivity index (χ4n) is 2.57. The zero-order valence-electron chi connectivity index (χ0n) is 15.9. The summed E-state index contributed by atoms with van der Waals surface area (Å²) in [5.41, 5.74) is 3.93. The van der Waals surface area contributed by atoms with Crippen molar-refractivity contribution < 1.29 is 4.92 Å². The molecule has 0 unspecified atom stereocenters. The second kappa shape index (κ2) is 8.34. The Hall–Kier alpha value is -3.68. The molecule has 3 rings (SSSR count). The lowest BCUT2D eigenvalue weighted by Crippen LogP contribution is -2.06. The molecule has 0 aliphatic rings. The number of allylic oxidation sites excluding steroid dienone is 2. The zero-order chi connectivity index (χ0) is 20.1. The minimum Gasteiger partial charge on any atom is -0.349 e. The Balaban J connectivity index is 1.85. The van der Waals surface area contributed by atoms with Crippen molar-refractivity contribution in [2.24, 2.45) is 4.99 Å². The first-order valence-corrected chi connectivity index (χ1v) is 8.75. The summed E-state index contributed by atoms with van der Waals surface area (Å²) >= 11 is 0. The van der Waals surface area contributed by atoms with Crippen LogP contribution in [-0.4, -0.2) is 32.6 Å². The summed E-state index contributed by atoms with van der Waals surface area (Å²) in [6.45, 7) is 6.26. The highest BCUT2D eigenvalue weighted by Gasteiger charge is 2.12. The third-order valence-corrected chi connectivity index (χ3v) is 4.24. The van der Waals surface area contributed by atoms with Gasteiger partial charge in [0.1, 0.15) is 0 Å². The molecule has 142 valence electrons. The highest BCUT2D eigenvalue weighted by molar-refractivity contribution is 5.83. The molecule has 0 bridgehead atoms. The molecule has 8 heteroatoms. The van der Waals surface area contributed by atoms with Crippen molar-refractivity contribution in [3.63, 3.8) is 0 Å². The Labute approximate surface area is 162 Å². The fourth-order valence-corrected chi connectivity index (χ4v) is 2.57. The lowest BCUT2D eigenvalue weighted by molar-refractivity contribution is -0.384. The maximum Gasteiger partial charge on any atom is 0.270 e.